The van der Waals surface area contributed by atoms with Gasteiger partial charge < -0.3 is 20.3 Å². The number of hydrogen-bond acceptors (Lipinski definition) is 4. The van der Waals surface area contributed by atoms with Crippen LogP contribution in [0.15, 0.2) is 18.2 Å². The Bertz CT molecular complexity index is 555. The molecule has 1 rings (SSSR count). The molecule has 168 valence electrons. The van der Waals surface area contributed by atoms with Crippen LogP contribution in [0.3, 0.4) is 0 Å². The summed E-state index contributed by atoms with van der Waals surface area (Å²) in [6.45, 7) is 9.73. The highest BCUT2D eigenvalue weighted by molar-refractivity contribution is 5.41. The van der Waals surface area contributed by atoms with Crippen molar-refractivity contribution in [1.82, 2.24) is 0 Å². The average Bonchev–Trinajstić information content (AvgIpc) is 2.71. The summed E-state index contributed by atoms with van der Waals surface area (Å²) in [7, 11) is 1.69. The van der Waals surface area contributed by atoms with Crippen molar-refractivity contribution in [2.24, 2.45) is 17.6 Å². The summed E-state index contributed by atoms with van der Waals surface area (Å²) in [5, 5.41) is 9.50. The van der Waals surface area contributed by atoms with E-state index in [1.54, 1.807) is 7.11 Å². The summed E-state index contributed by atoms with van der Waals surface area (Å²) in [4.78, 5) is 0. The molecule has 0 saturated heterocycles. The number of methoxy groups -OCH3 is 1. The monoisotopic (exact) mass is 407 g/mol. The second-order valence-electron chi connectivity index (χ2n) is 9.12. The number of unbranched alkanes of at least 4 members (excludes halogenated alkanes) is 1. The summed E-state index contributed by atoms with van der Waals surface area (Å²) < 4.78 is 11.5. The first-order chi connectivity index (χ1) is 13.8. The number of ether oxygens (including phenoxy) is 2. The van der Waals surface area contributed by atoms with Crippen LogP contribution in [0.2, 0.25) is 0 Å². The van der Waals surface area contributed by atoms with Gasteiger partial charge in [0.2, 0.25) is 0 Å². The van der Waals surface area contributed by atoms with E-state index in [4.69, 9.17) is 15.2 Å². The molecule has 1 aromatic carbocycles. The van der Waals surface area contributed by atoms with Crippen LogP contribution in [0.5, 0.6) is 11.5 Å². The van der Waals surface area contributed by atoms with Crippen LogP contribution in [-0.4, -0.2) is 31.0 Å². The van der Waals surface area contributed by atoms with Gasteiger partial charge in [-0.1, -0.05) is 59.4 Å². The van der Waals surface area contributed by atoms with Crippen molar-refractivity contribution in [2.75, 3.05) is 20.3 Å². The van der Waals surface area contributed by atoms with Gasteiger partial charge >= 0.3 is 0 Å². The summed E-state index contributed by atoms with van der Waals surface area (Å²) in [5.74, 6) is 3.31. The van der Waals surface area contributed by atoms with Crippen LogP contribution in [0, 0.1) is 11.8 Å². The fourth-order valence-corrected chi connectivity index (χ4v) is 3.58. The molecule has 0 aromatic heterocycles. The molecule has 0 aliphatic rings. The van der Waals surface area contributed by atoms with Crippen molar-refractivity contribution in [2.45, 2.75) is 91.0 Å². The molecule has 0 radical (unpaired) electrons. The lowest BCUT2D eigenvalue weighted by atomic mass is 9.90. The van der Waals surface area contributed by atoms with Gasteiger partial charge in [-0.05, 0) is 55.6 Å². The molecular weight excluding hydrogens is 362 g/mol. The average molecular weight is 408 g/mol. The molecule has 1 unspecified atom stereocenters. The Labute approximate surface area is 179 Å². The molecule has 2 atom stereocenters. The maximum Gasteiger partial charge on any atom is 0.125 e. The van der Waals surface area contributed by atoms with Crippen molar-refractivity contribution in [1.29, 1.82) is 0 Å². The molecule has 3 N–H and O–H groups in total. The topological polar surface area (TPSA) is 64.7 Å². The highest BCUT2D eigenvalue weighted by Crippen LogP contribution is 2.28. The Hall–Kier alpha value is -1.26. The van der Waals surface area contributed by atoms with Gasteiger partial charge in [0.25, 0.3) is 0 Å². The van der Waals surface area contributed by atoms with E-state index in [9.17, 15) is 5.11 Å². The third-order valence-electron chi connectivity index (χ3n) is 6.01. The van der Waals surface area contributed by atoms with E-state index >= 15 is 0 Å². The Morgan fingerprint density at radius 2 is 1.79 bits per heavy atom. The van der Waals surface area contributed by atoms with E-state index in [0.717, 1.165) is 61.2 Å². The number of benzene rings is 1. The first kappa shape index (κ1) is 25.8. The zero-order valence-electron chi connectivity index (χ0n) is 19.5. The normalized spacial score (nSPS) is 14.6. The van der Waals surface area contributed by atoms with Gasteiger partial charge in [0.15, 0.2) is 0 Å². The summed E-state index contributed by atoms with van der Waals surface area (Å²) >= 11 is 0. The van der Waals surface area contributed by atoms with Crippen molar-refractivity contribution < 1.29 is 14.6 Å². The third kappa shape index (κ3) is 10.4. The highest BCUT2D eigenvalue weighted by atomic mass is 16.5. The van der Waals surface area contributed by atoms with Crippen molar-refractivity contribution >= 4 is 0 Å². The molecule has 0 aliphatic heterocycles. The van der Waals surface area contributed by atoms with E-state index in [-0.39, 0.29) is 6.61 Å². The van der Waals surface area contributed by atoms with Crippen molar-refractivity contribution in [3.63, 3.8) is 0 Å². The summed E-state index contributed by atoms with van der Waals surface area (Å²) in [6, 6.07) is 6.03. The first-order valence-electron chi connectivity index (χ1n) is 11.5. The van der Waals surface area contributed by atoms with E-state index in [1.807, 2.05) is 19.1 Å². The van der Waals surface area contributed by atoms with Crippen LogP contribution < -0.4 is 15.2 Å². The number of nitrogens with two attached hydrogens (primary N) is 1. The molecule has 1 aromatic rings. The zero-order chi connectivity index (χ0) is 21.7. The molecule has 0 saturated carbocycles. The van der Waals surface area contributed by atoms with Crippen LogP contribution >= 0.6 is 0 Å². The smallest absolute Gasteiger partial charge is 0.125 e. The number of hydrogen-bond donors (Lipinski definition) is 2. The maximum atomic E-state index is 9.50. The minimum Gasteiger partial charge on any atom is -0.496 e. The van der Waals surface area contributed by atoms with Gasteiger partial charge in [-0.25, -0.2) is 0 Å². The van der Waals surface area contributed by atoms with Crippen molar-refractivity contribution in [3.8, 4) is 11.5 Å². The summed E-state index contributed by atoms with van der Waals surface area (Å²) in [5.41, 5.74) is 6.79. The van der Waals surface area contributed by atoms with Crippen LogP contribution in [-0.2, 0) is 6.42 Å². The Morgan fingerprint density at radius 3 is 2.41 bits per heavy atom. The largest absolute Gasteiger partial charge is 0.496 e. The standard InChI is InChI=1S/C25H45NO3/c1-6-25(26,19-27)16-15-22-13-14-23(18-24(22)28-5)29-17-8-7-11-21(4)12-9-10-20(2)3/h13-14,18,20-21,27H,6-12,15-17,19,26H2,1-5H3/t21?,25-/m0/s1. The summed E-state index contributed by atoms with van der Waals surface area (Å²) in [6.07, 6.45) is 9.89. The van der Waals surface area contributed by atoms with Gasteiger partial charge in [-0.2, -0.15) is 0 Å². The third-order valence-corrected chi connectivity index (χ3v) is 6.01. The molecule has 0 heterocycles. The molecule has 0 fully saturated rings. The quantitative estimate of drug-likeness (QED) is 0.343. The maximum absolute atomic E-state index is 9.50. The van der Waals surface area contributed by atoms with Crippen LogP contribution in [0.25, 0.3) is 0 Å². The predicted octanol–water partition coefficient (Wildman–Crippen LogP) is 5.74. The van der Waals surface area contributed by atoms with Gasteiger partial charge in [-0.3, -0.25) is 0 Å². The molecular formula is C25H45NO3. The van der Waals surface area contributed by atoms with Crippen LogP contribution in [0.4, 0.5) is 0 Å². The number of aliphatic hydroxyl groups excluding tert-OH is 1. The number of aliphatic hydroxyl groups is 1. The van der Waals surface area contributed by atoms with Gasteiger partial charge in [0.1, 0.15) is 11.5 Å². The zero-order valence-corrected chi connectivity index (χ0v) is 19.5. The fourth-order valence-electron chi connectivity index (χ4n) is 3.58. The molecule has 0 aliphatic carbocycles. The minimum absolute atomic E-state index is 0.00333. The lowest BCUT2D eigenvalue weighted by Gasteiger charge is -2.25. The molecule has 29 heavy (non-hydrogen) atoms. The van der Waals surface area contributed by atoms with Crippen LogP contribution in [0.1, 0.15) is 84.6 Å². The van der Waals surface area contributed by atoms with E-state index < -0.39 is 5.54 Å². The molecule has 4 heteroatoms. The molecule has 0 amide bonds. The second-order valence-corrected chi connectivity index (χ2v) is 9.12. The Morgan fingerprint density at radius 1 is 1.07 bits per heavy atom. The minimum atomic E-state index is -0.522. The number of rotatable bonds is 16. The Kier molecular flexibility index (Phi) is 12.3. The lowest BCUT2D eigenvalue weighted by Crippen LogP contribution is -2.43. The molecule has 0 spiro atoms. The fraction of sp³-hybridized carbons (Fsp3) is 0.760. The van der Waals surface area contributed by atoms with E-state index in [1.165, 1.54) is 32.1 Å². The van der Waals surface area contributed by atoms with Crippen molar-refractivity contribution in [3.05, 3.63) is 23.8 Å². The number of aryl methyl sites for hydroxylation is 1. The van der Waals surface area contributed by atoms with E-state index in [0.29, 0.717) is 0 Å². The Balaban J connectivity index is 2.36. The van der Waals surface area contributed by atoms with E-state index in [2.05, 4.69) is 26.8 Å². The second kappa shape index (κ2) is 13.9. The predicted molar refractivity (Wildman–Crippen MR) is 123 cm³/mol. The molecule has 4 nitrogen and oxygen atoms in total. The lowest BCUT2D eigenvalue weighted by molar-refractivity contribution is 0.182. The SMILES string of the molecule is CC[C@@](N)(CO)CCc1ccc(OCCCCC(C)CCCC(C)C)cc1OC. The van der Waals surface area contributed by atoms with Gasteiger partial charge in [-0.15, -0.1) is 0 Å². The molecule has 0 bridgehead atoms. The van der Waals surface area contributed by atoms with Gasteiger partial charge in [0.05, 0.1) is 20.3 Å². The highest BCUT2D eigenvalue weighted by Gasteiger charge is 2.22. The first-order valence-corrected chi connectivity index (χ1v) is 11.5. The van der Waals surface area contributed by atoms with Gasteiger partial charge in [0, 0.05) is 11.6 Å².